The van der Waals surface area contributed by atoms with Gasteiger partial charge in [-0.05, 0) is 48.0 Å². The SMILES string of the molecule is CCc1cccc(NC(=O)c2cccnc2SC(F)F)c1. The maximum atomic E-state index is 12.5. The molecule has 0 bridgehead atoms. The van der Waals surface area contributed by atoms with Crippen LogP contribution in [0, 0.1) is 0 Å². The van der Waals surface area contributed by atoms with Crippen LogP contribution in [0.4, 0.5) is 14.5 Å². The van der Waals surface area contributed by atoms with E-state index in [1.165, 1.54) is 12.3 Å². The highest BCUT2D eigenvalue weighted by Gasteiger charge is 2.16. The fraction of sp³-hybridized carbons (Fsp3) is 0.200. The standard InChI is InChI=1S/C15H14F2N2OS/c1-2-10-5-3-6-11(9-10)19-13(20)12-7-4-8-18-14(12)21-15(16)17/h3-9,15H,2H2,1H3,(H,19,20). The first-order valence-electron chi connectivity index (χ1n) is 6.40. The maximum absolute atomic E-state index is 12.5. The molecule has 1 aromatic heterocycles. The van der Waals surface area contributed by atoms with Crippen LogP contribution in [0.25, 0.3) is 0 Å². The second-order valence-corrected chi connectivity index (χ2v) is 5.22. The van der Waals surface area contributed by atoms with E-state index in [1.54, 1.807) is 12.1 Å². The minimum atomic E-state index is -2.62. The van der Waals surface area contributed by atoms with Crippen LogP contribution in [0.15, 0.2) is 47.6 Å². The summed E-state index contributed by atoms with van der Waals surface area (Å²) < 4.78 is 25.0. The van der Waals surface area contributed by atoms with E-state index in [1.807, 2.05) is 25.1 Å². The van der Waals surface area contributed by atoms with Gasteiger partial charge < -0.3 is 5.32 Å². The van der Waals surface area contributed by atoms with E-state index < -0.39 is 11.7 Å². The summed E-state index contributed by atoms with van der Waals surface area (Å²) in [6, 6.07) is 10.4. The van der Waals surface area contributed by atoms with Gasteiger partial charge in [0.1, 0.15) is 5.03 Å². The molecule has 0 saturated carbocycles. The van der Waals surface area contributed by atoms with Gasteiger partial charge in [0.05, 0.1) is 5.56 Å². The first-order valence-corrected chi connectivity index (χ1v) is 7.28. The Labute approximate surface area is 125 Å². The van der Waals surface area contributed by atoms with Crippen molar-refractivity contribution in [2.24, 2.45) is 0 Å². The molecule has 21 heavy (non-hydrogen) atoms. The summed E-state index contributed by atoms with van der Waals surface area (Å²) in [7, 11) is 0. The van der Waals surface area contributed by atoms with E-state index in [0.29, 0.717) is 5.69 Å². The molecule has 0 saturated heterocycles. The molecule has 1 amide bonds. The molecule has 6 heteroatoms. The first kappa shape index (κ1) is 15.4. The third-order valence-electron chi connectivity index (χ3n) is 2.81. The molecule has 0 atom stereocenters. The minimum Gasteiger partial charge on any atom is -0.322 e. The largest absolute Gasteiger partial charge is 0.322 e. The number of anilines is 1. The van der Waals surface area contributed by atoms with Crippen LogP contribution in [0.1, 0.15) is 22.8 Å². The number of hydrogen-bond donors (Lipinski definition) is 1. The van der Waals surface area contributed by atoms with Crippen molar-refractivity contribution in [2.75, 3.05) is 5.32 Å². The number of thioether (sulfide) groups is 1. The number of carbonyl (C=O) groups excluding carboxylic acids is 1. The van der Waals surface area contributed by atoms with Crippen LogP contribution in [0.3, 0.4) is 0 Å². The van der Waals surface area contributed by atoms with Crippen molar-refractivity contribution >= 4 is 23.4 Å². The van der Waals surface area contributed by atoms with Crippen LogP contribution in [-0.4, -0.2) is 16.6 Å². The van der Waals surface area contributed by atoms with Crippen LogP contribution in [0.5, 0.6) is 0 Å². The first-order chi connectivity index (χ1) is 10.1. The Balaban J connectivity index is 2.20. The average Bonchev–Trinajstić information content (AvgIpc) is 2.47. The van der Waals surface area contributed by atoms with Crippen molar-refractivity contribution in [3.05, 3.63) is 53.7 Å². The highest BCUT2D eigenvalue weighted by molar-refractivity contribution is 7.99. The molecule has 0 fully saturated rings. The second-order valence-electron chi connectivity index (χ2n) is 4.24. The van der Waals surface area contributed by atoms with Crippen molar-refractivity contribution in [3.8, 4) is 0 Å². The molecule has 0 spiro atoms. The lowest BCUT2D eigenvalue weighted by atomic mass is 10.1. The Kier molecular flexibility index (Phi) is 5.27. The van der Waals surface area contributed by atoms with Crippen molar-refractivity contribution in [3.63, 3.8) is 0 Å². The molecule has 0 radical (unpaired) electrons. The molecule has 110 valence electrons. The Morgan fingerprint density at radius 1 is 1.33 bits per heavy atom. The summed E-state index contributed by atoms with van der Waals surface area (Å²) in [6.07, 6.45) is 2.24. The molecular weight excluding hydrogens is 294 g/mol. The molecule has 1 N–H and O–H groups in total. The quantitative estimate of drug-likeness (QED) is 0.841. The van der Waals surface area contributed by atoms with E-state index in [0.717, 1.165) is 12.0 Å². The Morgan fingerprint density at radius 3 is 2.86 bits per heavy atom. The molecule has 3 nitrogen and oxygen atoms in total. The van der Waals surface area contributed by atoms with Gasteiger partial charge in [-0.25, -0.2) is 4.98 Å². The van der Waals surface area contributed by atoms with Gasteiger partial charge in [0, 0.05) is 11.9 Å². The van der Waals surface area contributed by atoms with Gasteiger partial charge in [0.25, 0.3) is 11.7 Å². The lowest BCUT2D eigenvalue weighted by Crippen LogP contribution is -2.14. The Bertz CT molecular complexity index is 635. The van der Waals surface area contributed by atoms with Crippen LogP contribution in [0.2, 0.25) is 0 Å². The van der Waals surface area contributed by atoms with E-state index in [4.69, 9.17) is 0 Å². The van der Waals surface area contributed by atoms with Gasteiger partial charge in [-0.15, -0.1) is 0 Å². The summed E-state index contributed by atoms with van der Waals surface area (Å²) in [5, 5.41) is 2.73. The highest BCUT2D eigenvalue weighted by atomic mass is 32.2. The molecule has 0 aliphatic rings. The number of nitrogens with zero attached hydrogens (tertiary/aromatic N) is 1. The minimum absolute atomic E-state index is 0.0247. The lowest BCUT2D eigenvalue weighted by Gasteiger charge is -2.09. The molecular formula is C15H14F2N2OS. The molecule has 0 unspecified atom stereocenters. The van der Waals surface area contributed by atoms with Crippen molar-refractivity contribution in [2.45, 2.75) is 24.1 Å². The molecule has 1 heterocycles. The summed E-state index contributed by atoms with van der Waals surface area (Å²) in [5.41, 5.74) is 1.86. The van der Waals surface area contributed by atoms with Crippen LogP contribution < -0.4 is 5.32 Å². The van der Waals surface area contributed by atoms with E-state index in [-0.39, 0.29) is 22.4 Å². The third kappa shape index (κ3) is 4.26. The Hall–Kier alpha value is -1.95. The number of benzene rings is 1. The number of halogens is 2. The zero-order chi connectivity index (χ0) is 15.2. The summed E-state index contributed by atoms with van der Waals surface area (Å²) in [4.78, 5) is 16.0. The van der Waals surface area contributed by atoms with Crippen molar-refractivity contribution < 1.29 is 13.6 Å². The third-order valence-corrected chi connectivity index (χ3v) is 3.54. The van der Waals surface area contributed by atoms with Gasteiger partial charge in [0.2, 0.25) is 0 Å². The predicted molar refractivity (Wildman–Crippen MR) is 79.9 cm³/mol. The van der Waals surface area contributed by atoms with Crippen LogP contribution >= 0.6 is 11.8 Å². The summed E-state index contributed by atoms with van der Waals surface area (Å²) in [5.74, 6) is -3.06. The fourth-order valence-electron chi connectivity index (χ4n) is 1.81. The normalized spacial score (nSPS) is 10.7. The topological polar surface area (TPSA) is 42.0 Å². The smallest absolute Gasteiger partial charge is 0.290 e. The van der Waals surface area contributed by atoms with Gasteiger partial charge in [-0.2, -0.15) is 8.78 Å². The molecule has 2 rings (SSSR count). The van der Waals surface area contributed by atoms with Gasteiger partial charge >= 0.3 is 0 Å². The number of aromatic nitrogens is 1. The number of aryl methyl sites for hydroxylation is 1. The lowest BCUT2D eigenvalue weighted by molar-refractivity contribution is 0.102. The number of rotatable bonds is 5. The van der Waals surface area contributed by atoms with E-state index in [9.17, 15) is 13.6 Å². The number of hydrogen-bond acceptors (Lipinski definition) is 3. The number of pyridine rings is 1. The maximum Gasteiger partial charge on any atom is 0.290 e. The van der Waals surface area contributed by atoms with Crippen LogP contribution in [-0.2, 0) is 6.42 Å². The number of amides is 1. The zero-order valence-electron chi connectivity index (χ0n) is 11.3. The van der Waals surface area contributed by atoms with E-state index >= 15 is 0 Å². The predicted octanol–water partition coefficient (Wildman–Crippen LogP) is 4.21. The zero-order valence-corrected chi connectivity index (χ0v) is 12.2. The number of alkyl halides is 2. The molecule has 1 aromatic carbocycles. The fourth-order valence-corrected chi connectivity index (χ4v) is 2.39. The Morgan fingerprint density at radius 2 is 2.14 bits per heavy atom. The van der Waals surface area contributed by atoms with Gasteiger partial charge in [-0.1, -0.05) is 19.1 Å². The monoisotopic (exact) mass is 308 g/mol. The summed E-state index contributed by atoms with van der Waals surface area (Å²) >= 11 is 0.266. The molecule has 2 aromatic rings. The molecule has 0 aliphatic heterocycles. The summed E-state index contributed by atoms with van der Waals surface area (Å²) in [6.45, 7) is 2.01. The second kappa shape index (κ2) is 7.17. The van der Waals surface area contributed by atoms with E-state index in [2.05, 4.69) is 10.3 Å². The molecule has 0 aliphatic carbocycles. The highest BCUT2D eigenvalue weighted by Crippen LogP contribution is 2.26. The average molecular weight is 308 g/mol. The van der Waals surface area contributed by atoms with Gasteiger partial charge in [0.15, 0.2) is 0 Å². The number of carbonyl (C=O) groups is 1. The van der Waals surface area contributed by atoms with Crippen molar-refractivity contribution in [1.82, 2.24) is 4.98 Å². The van der Waals surface area contributed by atoms with Gasteiger partial charge in [-0.3, -0.25) is 4.79 Å². The number of nitrogens with one attached hydrogen (secondary N) is 1. The van der Waals surface area contributed by atoms with Crippen molar-refractivity contribution in [1.29, 1.82) is 0 Å².